The lowest BCUT2D eigenvalue weighted by Gasteiger charge is -2.28. The predicted octanol–water partition coefficient (Wildman–Crippen LogP) is 4.28. The average molecular weight is 556 g/mol. The van der Waals surface area contributed by atoms with E-state index in [0.29, 0.717) is 33.5 Å². The Hall–Kier alpha value is -3.89. The molecule has 0 unspecified atom stereocenters. The van der Waals surface area contributed by atoms with Crippen molar-refractivity contribution in [1.82, 2.24) is 15.0 Å². The number of anilines is 2. The molecule has 0 fully saturated rings. The Bertz CT molecular complexity index is 1500. The molecule has 1 aliphatic rings. The van der Waals surface area contributed by atoms with Gasteiger partial charge in [0.05, 0.1) is 30.1 Å². The van der Waals surface area contributed by atoms with Crippen LogP contribution in [-0.4, -0.2) is 47.8 Å². The van der Waals surface area contributed by atoms with E-state index in [0.717, 1.165) is 0 Å². The molecule has 1 aromatic carbocycles. The summed E-state index contributed by atoms with van der Waals surface area (Å²) in [5.41, 5.74) is 8.01. The number of aromatic amines is 1. The first kappa shape index (κ1) is 27.2. The van der Waals surface area contributed by atoms with Gasteiger partial charge in [0.2, 0.25) is 11.8 Å². The van der Waals surface area contributed by atoms with Crippen molar-refractivity contribution in [1.29, 1.82) is 0 Å². The zero-order valence-corrected chi connectivity index (χ0v) is 23.0. The minimum absolute atomic E-state index is 0.0402. The number of aromatic nitrogens is 3. The van der Waals surface area contributed by atoms with Gasteiger partial charge in [-0.15, -0.1) is 0 Å². The van der Waals surface area contributed by atoms with E-state index in [-0.39, 0.29) is 28.2 Å². The number of hydrogen-bond acceptors (Lipinski definition) is 8. The lowest BCUT2D eigenvalue weighted by atomic mass is 9.90. The number of carbonyl (C=O) groups is 1. The van der Waals surface area contributed by atoms with Gasteiger partial charge in [-0.2, -0.15) is 4.98 Å². The van der Waals surface area contributed by atoms with Gasteiger partial charge in [-0.05, 0) is 29.7 Å². The Morgan fingerprint density at radius 2 is 1.87 bits per heavy atom. The Morgan fingerprint density at radius 1 is 1.18 bits per heavy atom. The molecule has 3 heterocycles. The van der Waals surface area contributed by atoms with Gasteiger partial charge >= 0.3 is 0 Å². The number of nitrogens with two attached hydrogens (primary N) is 1. The SMILES string of the molecule is COc1nc(N(C)C)ncc1N=C(C1=C(N)C(=O)N(c2cc(Cl)c[nH]c2=O)[C@@H]1c1ccc(Cl)cc1)C(C)C. The van der Waals surface area contributed by atoms with Crippen LogP contribution in [0.25, 0.3) is 0 Å². The van der Waals surface area contributed by atoms with Crippen LogP contribution in [0.15, 0.2) is 63.8 Å². The van der Waals surface area contributed by atoms with Crippen LogP contribution in [0.4, 0.5) is 17.3 Å². The molecule has 198 valence electrons. The summed E-state index contributed by atoms with van der Waals surface area (Å²) in [6.07, 6.45) is 2.90. The molecule has 0 bridgehead atoms. The predicted molar refractivity (Wildman–Crippen MR) is 150 cm³/mol. The number of pyridine rings is 1. The van der Waals surface area contributed by atoms with Crippen molar-refractivity contribution in [2.75, 3.05) is 31.0 Å². The molecule has 1 aliphatic heterocycles. The third-order valence-corrected chi connectivity index (χ3v) is 6.41. The third kappa shape index (κ3) is 5.09. The van der Waals surface area contributed by atoms with E-state index < -0.39 is 17.5 Å². The highest BCUT2D eigenvalue weighted by atomic mass is 35.5. The third-order valence-electron chi connectivity index (χ3n) is 5.94. The van der Waals surface area contributed by atoms with Gasteiger partial charge in [0.1, 0.15) is 17.1 Å². The van der Waals surface area contributed by atoms with Crippen molar-refractivity contribution >= 4 is 52.1 Å². The summed E-state index contributed by atoms with van der Waals surface area (Å²) < 4.78 is 5.49. The van der Waals surface area contributed by atoms with E-state index in [1.54, 1.807) is 35.4 Å². The van der Waals surface area contributed by atoms with Crippen LogP contribution in [-0.2, 0) is 4.79 Å². The monoisotopic (exact) mass is 555 g/mol. The van der Waals surface area contributed by atoms with Crippen LogP contribution in [0.2, 0.25) is 10.0 Å². The second-order valence-corrected chi connectivity index (χ2v) is 9.97. The normalized spacial score (nSPS) is 16.0. The average Bonchev–Trinajstić information content (AvgIpc) is 3.14. The number of amides is 1. The van der Waals surface area contributed by atoms with Gasteiger partial charge < -0.3 is 20.4 Å². The van der Waals surface area contributed by atoms with Crippen LogP contribution in [0, 0.1) is 5.92 Å². The summed E-state index contributed by atoms with van der Waals surface area (Å²) in [7, 11) is 5.12. The molecule has 2 aromatic heterocycles. The number of ether oxygens (including phenoxy) is 1. The summed E-state index contributed by atoms with van der Waals surface area (Å²) in [5.74, 6) is -0.0298. The van der Waals surface area contributed by atoms with Gasteiger partial charge in [0.25, 0.3) is 11.5 Å². The topological polar surface area (TPSA) is 130 Å². The van der Waals surface area contributed by atoms with Gasteiger partial charge in [-0.25, -0.2) is 9.98 Å². The smallest absolute Gasteiger partial charge is 0.275 e. The molecule has 0 radical (unpaired) electrons. The van der Waals surface area contributed by atoms with E-state index in [4.69, 9.17) is 38.7 Å². The number of nitrogens with one attached hydrogen (secondary N) is 1. The summed E-state index contributed by atoms with van der Waals surface area (Å²) >= 11 is 12.3. The molecule has 12 heteroatoms. The summed E-state index contributed by atoms with van der Waals surface area (Å²) in [6.45, 7) is 3.86. The summed E-state index contributed by atoms with van der Waals surface area (Å²) in [5, 5.41) is 0.777. The fraction of sp³-hybridized carbons (Fsp3) is 0.269. The molecule has 0 spiro atoms. The maximum absolute atomic E-state index is 13.7. The van der Waals surface area contributed by atoms with Crippen LogP contribution < -0.4 is 25.8 Å². The lowest BCUT2D eigenvalue weighted by Crippen LogP contribution is -2.35. The van der Waals surface area contributed by atoms with Crippen molar-refractivity contribution in [3.05, 3.63) is 80.0 Å². The number of halogens is 2. The summed E-state index contributed by atoms with van der Waals surface area (Å²) in [4.78, 5) is 45.8. The zero-order valence-electron chi connectivity index (χ0n) is 21.5. The largest absolute Gasteiger partial charge is 0.479 e. The van der Waals surface area contributed by atoms with Crippen molar-refractivity contribution < 1.29 is 9.53 Å². The second kappa shape index (κ2) is 10.8. The van der Waals surface area contributed by atoms with Crippen molar-refractivity contribution in [2.24, 2.45) is 16.6 Å². The quantitative estimate of drug-likeness (QED) is 0.416. The van der Waals surface area contributed by atoms with Gasteiger partial charge in [0, 0.05) is 30.9 Å². The molecule has 0 aliphatic carbocycles. The number of rotatable bonds is 7. The van der Waals surface area contributed by atoms with Crippen LogP contribution in [0.5, 0.6) is 5.88 Å². The van der Waals surface area contributed by atoms with E-state index in [9.17, 15) is 9.59 Å². The van der Waals surface area contributed by atoms with E-state index >= 15 is 0 Å². The number of H-pyrrole nitrogens is 1. The van der Waals surface area contributed by atoms with Crippen molar-refractivity contribution in [3.8, 4) is 5.88 Å². The van der Waals surface area contributed by atoms with Gasteiger partial charge in [0.15, 0.2) is 0 Å². The molecular weight excluding hydrogens is 529 g/mol. The maximum atomic E-state index is 13.7. The highest BCUT2D eigenvalue weighted by Gasteiger charge is 2.43. The first-order chi connectivity index (χ1) is 18.0. The molecule has 1 atom stereocenters. The number of hydrogen-bond donors (Lipinski definition) is 2. The van der Waals surface area contributed by atoms with Crippen LogP contribution in [0.1, 0.15) is 25.5 Å². The number of benzene rings is 1. The number of nitrogens with zero attached hydrogens (tertiary/aromatic N) is 5. The van der Waals surface area contributed by atoms with Gasteiger partial charge in [-0.3, -0.25) is 14.5 Å². The lowest BCUT2D eigenvalue weighted by molar-refractivity contribution is -0.114. The molecule has 0 saturated heterocycles. The fourth-order valence-electron chi connectivity index (χ4n) is 4.17. The number of aliphatic imine (C=N–C) groups is 1. The molecule has 0 saturated carbocycles. The fourth-order valence-corrected chi connectivity index (χ4v) is 4.46. The number of methoxy groups -OCH3 is 1. The van der Waals surface area contributed by atoms with Gasteiger partial charge in [-0.1, -0.05) is 49.2 Å². The van der Waals surface area contributed by atoms with Crippen molar-refractivity contribution in [3.63, 3.8) is 0 Å². The molecule has 10 nitrogen and oxygen atoms in total. The molecule has 1 amide bonds. The maximum Gasteiger partial charge on any atom is 0.275 e. The Kier molecular flexibility index (Phi) is 7.75. The highest BCUT2D eigenvalue weighted by Crippen LogP contribution is 2.42. The van der Waals surface area contributed by atoms with E-state index in [1.807, 2.05) is 27.9 Å². The molecule has 3 aromatic rings. The van der Waals surface area contributed by atoms with E-state index in [2.05, 4.69) is 15.0 Å². The first-order valence-corrected chi connectivity index (χ1v) is 12.4. The zero-order chi connectivity index (χ0) is 27.7. The molecular formula is C26H27Cl2N7O3. The van der Waals surface area contributed by atoms with Crippen LogP contribution in [0.3, 0.4) is 0 Å². The first-order valence-electron chi connectivity index (χ1n) is 11.7. The van der Waals surface area contributed by atoms with E-state index in [1.165, 1.54) is 24.3 Å². The molecule has 38 heavy (non-hydrogen) atoms. The Balaban J connectivity index is 1.96. The van der Waals surface area contributed by atoms with Crippen LogP contribution >= 0.6 is 23.2 Å². The highest BCUT2D eigenvalue weighted by molar-refractivity contribution is 6.31. The Labute approximate surface area is 229 Å². The standard InChI is InChI=1S/C26H27Cl2N7O3/c1-13(2)21(32-17-12-31-26(34(3)4)33-24(17)38-5)19-20(29)25(37)35(18-10-16(28)11-30-23(18)36)22(19)14-6-8-15(27)9-7-14/h6-13,22H,29H2,1-5H3,(H,30,36)/t22-/m1/s1. The molecule has 3 N–H and O–H groups in total. The molecule has 4 rings (SSSR count). The van der Waals surface area contributed by atoms with Crippen molar-refractivity contribution in [2.45, 2.75) is 19.9 Å². The number of carbonyl (C=O) groups excluding carboxylic acids is 1. The second-order valence-electron chi connectivity index (χ2n) is 9.10. The summed E-state index contributed by atoms with van der Waals surface area (Å²) in [6, 6.07) is 7.61. The minimum Gasteiger partial charge on any atom is -0.479 e. The Morgan fingerprint density at radius 3 is 2.47 bits per heavy atom. The minimum atomic E-state index is -0.784.